The lowest BCUT2D eigenvalue weighted by atomic mass is 10.2. The Kier molecular flexibility index (Phi) is 3.57. The first-order valence-electron chi connectivity index (χ1n) is 4.58. The molecule has 0 unspecified atom stereocenters. The Hall–Kier alpha value is -0.370. The molecule has 1 atom stereocenters. The Morgan fingerprint density at radius 3 is 2.64 bits per heavy atom. The van der Waals surface area contributed by atoms with Gasteiger partial charge in [-0.25, -0.2) is 0 Å². The van der Waals surface area contributed by atoms with Gasteiger partial charge in [0, 0.05) is 6.04 Å². The molecule has 64 valence electrons. The summed E-state index contributed by atoms with van der Waals surface area (Å²) >= 11 is 0. The lowest BCUT2D eigenvalue weighted by Crippen LogP contribution is -2.37. The molecular weight excluding hydrogens is 138 g/mol. The van der Waals surface area contributed by atoms with E-state index in [-0.39, 0.29) is 6.04 Å². The molecular formula is C9H17NO. The third-order valence-electron chi connectivity index (χ3n) is 2.41. The normalized spacial score (nSPS) is 21.9. The number of nitrogens with one attached hydrogen (secondary N) is 1. The van der Waals surface area contributed by atoms with E-state index in [1.54, 1.807) is 0 Å². The van der Waals surface area contributed by atoms with Crippen LogP contribution in [0.15, 0.2) is 0 Å². The van der Waals surface area contributed by atoms with Gasteiger partial charge < -0.3 is 10.1 Å². The predicted molar refractivity (Wildman–Crippen MR) is 45.5 cm³/mol. The van der Waals surface area contributed by atoms with Gasteiger partial charge in [-0.3, -0.25) is 0 Å². The van der Waals surface area contributed by atoms with Crippen molar-refractivity contribution in [2.75, 3.05) is 0 Å². The summed E-state index contributed by atoms with van der Waals surface area (Å²) in [5, 5.41) is 3.35. The van der Waals surface area contributed by atoms with Gasteiger partial charge in [0.15, 0.2) is 0 Å². The molecule has 1 N–H and O–H groups in total. The van der Waals surface area contributed by atoms with Gasteiger partial charge in [-0.05, 0) is 19.3 Å². The van der Waals surface area contributed by atoms with Gasteiger partial charge in [-0.1, -0.05) is 19.8 Å². The van der Waals surface area contributed by atoms with Gasteiger partial charge in [-0.15, -0.1) is 0 Å². The summed E-state index contributed by atoms with van der Waals surface area (Å²) in [7, 11) is 0. The molecule has 1 rings (SSSR count). The fourth-order valence-electron chi connectivity index (χ4n) is 1.65. The van der Waals surface area contributed by atoms with Gasteiger partial charge >= 0.3 is 0 Å². The van der Waals surface area contributed by atoms with Crippen LogP contribution in [0.25, 0.3) is 0 Å². The third kappa shape index (κ3) is 2.62. The summed E-state index contributed by atoms with van der Waals surface area (Å²) in [5.74, 6) is 0. The maximum absolute atomic E-state index is 10.5. The molecule has 0 bridgehead atoms. The largest absolute Gasteiger partial charge is 0.305 e. The highest BCUT2D eigenvalue weighted by Crippen LogP contribution is 2.18. The van der Waals surface area contributed by atoms with Crippen molar-refractivity contribution in [1.29, 1.82) is 0 Å². The maximum atomic E-state index is 10.5. The van der Waals surface area contributed by atoms with Gasteiger partial charge in [0.1, 0.15) is 6.29 Å². The van der Waals surface area contributed by atoms with Crippen LogP contribution in [0.5, 0.6) is 0 Å². The summed E-state index contributed by atoms with van der Waals surface area (Å²) in [4.78, 5) is 10.5. The highest BCUT2D eigenvalue weighted by molar-refractivity contribution is 5.57. The molecule has 0 aliphatic heterocycles. The van der Waals surface area contributed by atoms with Crippen LogP contribution in [0.4, 0.5) is 0 Å². The van der Waals surface area contributed by atoms with Crippen molar-refractivity contribution in [3.8, 4) is 0 Å². The lowest BCUT2D eigenvalue weighted by Gasteiger charge is -2.15. The fourth-order valence-corrected chi connectivity index (χ4v) is 1.65. The smallest absolute Gasteiger partial charge is 0.136 e. The van der Waals surface area contributed by atoms with E-state index in [4.69, 9.17) is 0 Å². The van der Waals surface area contributed by atoms with E-state index in [1.807, 2.05) is 6.92 Å². The van der Waals surface area contributed by atoms with Crippen molar-refractivity contribution in [1.82, 2.24) is 5.32 Å². The molecule has 2 heteroatoms. The minimum absolute atomic E-state index is 0.0955. The first-order chi connectivity index (χ1) is 5.36. The number of hydrogen-bond acceptors (Lipinski definition) is 2. The van der Waals surface area contributed by atoms with Crippen LogP contribution in [0.3, 0.4) is 0 Å². The predicted octanol–water partition coefficient (Wildman–Crippen LogP) is 1.50. The van der Waals surface area contributed by atoms with Crippen molar-refractivity contribution < 1.29 is 4.79 Å². The molecule has 0 radical (unpaired) electrons. The third-order valence-corrected chi connectivity index (χ3v) is 2.41. The fraction of sp³-hybridized carbons (Fsp3) is 0.889. The van der Waals surface area contributed by atoms with Crippen molar-refractivity contribution in [2.24, 2.45) is 0 Å². The molecule has 0 saturated heterocycles. The summed E-state index contributed by atoms with van der Waals surface area (Å²) in [5.41, 5.74) is 0. The second-order valence-electron chi connectivity index (χ2n) is 3.30. The van der Waals surface area contributed by atoms with E-state index >= 15 is 0 Å². The quantitative estimate of drug-likeness (QED) is 0.623. The Balaban J connectivity index is 2.21. The van der Waals surface area contributed by atoms with E-state index in [1.165, 1.54) is 25.7 Å². The zero-order valence-electron chi connectivity index (χ0n) is 7.18. The highest BCUT2D eigenvalue weighted by atomic mass is 16.1. The average Bonchev–Trinajstić information content (AvgIpc) is 2.52. The molecule has 2 nitrogen and oxygen atoms in total. The SMILES string of the molecule is CC[C@H](C=O)NC1CCCC1. The van der Waals surface area contributed by atoms with E-state index in [0.29, 0.717) is 6.04 Å². The minimum atomic E-state index is 0.0955. The summed E-state index contributed by atoms with van der Waals surface area (Å²) in [6.07, 6.45) is 7.10. The van der Waals surface area contributed by atoms with E-state index in [9.17, 15) is 4.79 Å². The molecule has 11 heavy (non-hydrogen) atoms. The van der Waals surface area contributed by atoms with E-state index in [0.717, 1.165) is 12.7 Å². The summed E-state index contributed by atoms with van der Waals surface area (Å²) in [6.45, 7) is 2.04. The Morgan fingerprint density at radius 2 is 2.18 bits per heavy atom. The number of carbonyl (C=O) groups excluding carboxylic acids is 1. The monoisotopic (exact) mass is 155 g/mol. The first-order valence-corrected chi connectivity index (χ1v) is 4.58. The van der Waals surface area contributed by atoms with Crippen LogP contribution < -0.4 is 5.32 Å². The standard InChI is InChI=1S/C9H17NO/c1-2-8(7-11)10-9-5-3-4-6-9/h7-10H,2-6H2,1H3/t8-/m1/s1. The van der Waals surface area contributed by atoms with Gasteiger partial charge in [0.05, 0.1) is 6.04 Å². The first kappa shape index (κ1) is 8.72. The zero-order chi connectivity index (χ0) is 8.10. The molecule has 0 amide bonds. The number of carbonyl (C=O) groups is 1. The summed E-state index contributed by atoms with van der Waals surface area (Å²) in [6, 6.07) is 0.711. The van der Waals surface area contributed by atoms with Crippen molar-refractivity contribution in [3.05, 3.63) is 0 Å². The van der Waals surface area contributed by atoms with E-state index < -0.39 is 0 Å². The van der Waals surface area contributed by atoms with Crippen molar-refractivity contribution in [3.63, 3.8) is 0 Å². The lowest BCUT2D eigenvalue weighted by molar-refractivity contribution is -0.109. The van der Waals surface area contributed by atoms with Gasteiger partial charge in [0.25, 0.3) is 0 Å². The van der Waals surface area contributed by atoms with Crippen molar-refractivity contribution in [2.45, 2.75) is 51.1 Å². The maximum Gasteiger partial charge on any atom is 0.136 e. The van der Waals surface area contributed by atoms with Gasteiger partial charge in [-0.2, -0.15) is 0 Å². The average molecular weight is 155 g/mol. The number of rotatable bonds is 4. The van der Waals surface area contributed by atoms with Gasteiger partial charge in [0.2, 0.25) is 0 Å². The van der Waals surface area contributed by atoms with Crippen LogP contribution in [-0.2, 0) is 4.79 Å². The highest BCUT2D eigenvalue weighted by Gasteiger charge is 2.17. The molecule has 1 saturated carbocycles. The zero-order valence-corrected chi connectivity index (χ0v) is 7.18. The van der Waals surface area contributed by atoms with Crippen LogP contribution >= 0.6 is 0 Å². The Morgan fingerprint density at radius 1 is 1.55 bits per heavy atom. The van der Waals surface area contributed by atoms with Crippen LogP contribution in [0.2, 0.25) is 0 Å². The minimum Gasteiger partial charge on any atom is -0.305 e. The Labute approximate surface area is 68.4 Å². The molecule has 1 aliphatic carbocycles. The topological polar surface area (TPSA) is 29.1 Å². The molecule has 1 fully saturated rings. The van der Waals surface area contributed by atoms with E-state index in [2.05, 4.69) is 5.32 Å². The molecule has 0 aromatic rings. The van der Waals surface area contributed by atoms with Crippen LogP contribution in [0.1, 0.15) is 39.0 Å². The number of aldehydes is 1. The molecule has 0 spiro atoms. The van der Waals surface area contributed by atoms with Crippen LogP contribution in [-0.4, -0.2) is 18.4 Å². The second-order valence-corrected chi connectivity index (χ2v) is 3.30. The summed E-state index contributed by atoms with van der Waals surface area (Å²) < 4.78 is 0. The number of hydrogen-bond donors (Lipinski definition) is 1. The molecule has 0 heterocycles. The van der Waals surface area contributed by atoms with Crippen molar-refractivity contribution >= 4 is 6.29 Å². The second kappa shape index (κ2) is 4.50. The van der Waals surface area contributed by atoms with Crippen LogP contribution in [0, 0.1) is 0 Å². The Bertz CT molecular complexity index is 119. The molecule has 0 aromatic carbocycles. The molecule has 0 aromatic heterocycles. The molecule has 1 aliphatic rings.